The summed E-state index contributed by atoms with van der Waals surface area (Å²) in [6.07, 6.45) is 0. The van der Waals surface area contributed by atoms with E-state index >= 15 is 0 Å². The van der Waals surface area contributed by atoms with Gasteiger partial charge in [-0.1, -0.05) is 17.7 Å². The van der Waals surface area contributed by atoms with Gasteiger partial charge in [0.15, 0.2) is 0 Å². The standard InChI is InChI=1S/C12H17NO2/c1-9-5-6-11(12(14)15-4)10(7-9)8-13(2)3/h5-7H,8H2,1-4H3. The van der Waals surface area contributed by atoms with Crippen LogP contribution >= 0.6 is 0 Å². The van der Waals surface area contributed by atoms with E-state index in [0.29, 0.717) is 5.56 Å². The first-order valence-electron chi connectivity index (χ1n) is 4.87. The number of benzene rings is 1. The van der Waals surface area contributed by atoms with Crippen molar-refractivity contribution in [2.75, 3.05) is 21.2 Å². The third-order valence-electron chi connectivity index (χ3n) is 2.15. The summed E-state index contributed by atoms with van der Waals surface area (Å²) in [7, 11) is 5.36. The summed E-state index contributed by atoms with van der Waals surface area (Å²) in [6, 6.07) is 5.76. The molecule has 0 heterocycles. The Hall–Kier alpha value is -1.35. The molecule has 82 valence electrons. The molecule has 0 unspecified atom stereocenters. The largest absolute Gasteiger partial charge is 0.465 e. The van der Waals surface area contributed by atoms with Crippen LogP contribution in [0, 0.1) is 6.92 Å². The Labute approximate surface area is 90.7 Å². The molecule has 15 heavy (non-hydrogen) atoms. The zero-order valence-electron chi connectivity index (χ0n) is 9.70. The molecule has 0 saturated heterocycles. The fraction of sp³-hybridized carbons (Fsp3) is 0.417. The Morgan fingerprint density at radius 2 is 2.07 bits per heavy atom. The van der Waals surface area contributed by atoms with Crippen LogP contribution in [0.25, 0.3) is 0 Å². The normalized spacial score (nSPS) is 10.5. The summed E-state index contributed by atoms with van der Waals surface area (Å²) >= 11 is 0. The zero-order chi connectivity index (χ0) is 11.4. The summed E-state index contributed by atoms with van der Waals surface area (Å²) in [5.41, 5.74) is 2.81. The number of rotatable bonds is 3. The van der Waals surface area contributed by atoms with Gasteiger partial charge in [-0.05, 0) is 32.6 Å². The van der Waals surface area contributed by atoms with E-state index in [1.807, 2.05) is 44.1 Å². The van der Waals surface area contributed by atoms with Crippen molar-refractivity contribution >= 4 is 5.97 Å². The molecule has 3 heteroatoms. The molecule has 0 bridgehead atoms. The van der Waals surface area contributed by atoms with Gasteiger partial charge >= 0.3 is 5.97 Å². The van der Waals surface area contributed by atoms with Crippen molar-refractivity contribution in [3.05, 3.63) is 34.9 Å². The maximum atomic E-state index is 11.5. The molecule has 0 aliphatic carbocycles. The molecule has 0 aliphatic rings. The first kappa shape index (κ1) is 11.7. The van der Waals surface area contributed by atoms with Crippen molar-refractivity contribution in [1.29, 1.82) is 0 Å². The average Bonchev–Trinajstić information content (AvgIpc) is 2.16. The topological polar surface area (TPSA) is 29.5 Å². The molecule has 0 aromatic heterocycles. The van der Waals surface area contributed by atoms with Crippen molar-refractivity contribution in [2.24, 2.45) is 0 Å². The van der Waals surface area contributed by atoms with Gasteiger partial charge in [0.1, 0.15) is 0 Å². The van der Waals surface area contributed by atoms with E-state index in [4.69, 9.17) is 4.74 Å². The molecule has 1 aromatic carbocycles. The monoisotopic (exact) mass is 207 g/mol. The Morgan fingerprint density at radius 1 is 1.40 bits per heavy atom. The molecule has 0 aliphatic heterocycles. The number of carbonyl (C=O) groups excluding carboxylic acids is 1. The number of esters is 1. The summed E-state index contributed by atoms with van der Waals surface area (Å²) < 4.78 is 4.74. The lowest BCUT2D eigenvalue weighted by Gasteiger charge is -2.13. The molecule has 0 saturated carbocycles. The molecule has 1 rings (SSSR count). The number of ether oxygens (including phenoxy) is 1. The van der Waals surface area contributed by atoms with Crippen LogP contribution in [-0.4, -0.2) is 32.1 Å². The molecule has 0 N–H and O–H groups in total. The maximum Gasteiger partial charge on any atom is 0.338 e. The van der Waals surface area contributed by atoms with Gasteiger partial charge in [0, 0.05) is 6.54 Å². The number of aryl methyl sites for hydroxylation is 1. The first-order chi connectivity index (χ1) is 7.04. The van der Waals surface area contributed by atoms with Gasteiger partial charge in [0.05, 0.1) is 12.7 Å². The van der Waals surface area contributed by atoms with E-state index in [1.54, 1.807) is 0 Å². The molecule has 0 radical (unpaired) electrons. The predicted molar refractivity (Wildman–Crippen MR) is 59.9 cm³/mol. The minimum atomic E-state index is -0.271. The van der Waals surface area contributed by atoms with E-state index in [1.165, 1.54) is 7.11 Å². The lowest BCUT2D eigenvalue weighted by atomic mass is 10.0. The lowest BCUT2D eigenvalue weighted by molar-refractivity contribution is 0.0598. The van der Waals surface area contributed by atoms with Crippen LogP contribution in [0.15, 0.2) is 18.2 Å². The van der Waals surface area contributed by atoms with Gasteiger partial charge < -0.3 is 9.64 Å². The predicted octanol–water partition coefficient (Wildman–Crippen LogP) is 1.84. The van der Waals surface area contributed by atoms with Crippen molar-refractivity contribution in [1.82, 2.24) is 4.90 Å². The van der Waals surface area contributed by atoms with E-state index in [2.05, 4.69) is 0 Å². The molecular formula is C12H17NO2. The summed E-state index contributed by atoms with van der Waals surface area (Å²) in [6.45, 7) is 2.76. The maximum absolute atomic E-state index is 11.5. The number of carbonyl (C=O) groups is 1. The fourth-order valence-corrected chi connectivity index (χ4v) is 1.50. The van der Waals surface area contributed by atoms with Gasteiger partial charge in [0.25, 0.3) is 0 Å². The highest BCUT2D eigenvalue weighted by Crippen LogP contribution is 2.14. The highest BCUT2D eigenvalue weighted by molar-refractivity contribution is 5.91. The minimum Gasteiger partial charge on any atom is -0.465 e. The van der Waals surface area contributed by atoms with Crippen molar-refractivity contribution in [2.45, 2.75) is 13.5 Å². The second-order valence-electron chi connectivity index (χ2n) is 3.89. The Bertz CT molecular complexity index is 359. The lowest BCUT2D eigenvalue weighted by Crippen LogP contribution is -2.15. The molecule has 0 fully saturated rings. The van der Waals surface area contributed by atoms with Crippen molar-refractivity contribution < 1.29 is 9.53 Å². The van der Waals surface area contributed by atoms with Crippen molar-refractivity contribution in [3.63, 3.8) is 0 Å². The second-order valence-corrected chi connectivity index (χ2v) is 3.89. The van der Waals surface area contributed by atoms with Crippen LogP contribution in [0.3, 0.4) is 0 Å². The highest BCUT2D eigenvalue weighted by Gasteiger charge is 2.11. The van der Waals surface area contributed by atoms with Crippen LogP contribution in [-0.2, 0) is 11.3 Å². The van der Waals surface area contributed by atoms with Crippen LogP contribution in [0.2, 0.25) is 0 Å². The second kappa shape index (κ2) is 4.94. The zero-order valence-corrected chi connectivity index (χ0v) is 9.70. The molecule has 0 amide bonds. The average molecular weight is 207 g/mol. The quantitative estimate of drug-likeness (QED) is 0.708. The van der Waals surface area contributed by atoms with Crippen LogP contribution in [0.5, 0.6) is 0 Å². The molecule has 0 atom stereocenters. The highest BCUT2D eigenvalue weighted by atomic mass is 16.5. The molecule has 1 aromatic rings. The van der Waals surface area contributed by atoms with E-state index in [9.17, 15) is 4.79 Å². The van der Waals surface area contributed by atoms with Gasteiger partial charge in [-0.25, -0.2) is 4.79 Å². The fourth-order valence-electron chi connectivity index (χ4n) is 1.50. The van der Waals surface area contributed by atoms with Crippen LogP contribution < -0.4 is 0 Å². The molecule has 0 spiro atoms. The van der Waals surface area contributed by atoms with E-state index in [0.717, 1.165) is 17.7 Å². The summed E-state index contributed by atoms with van der Waals surface area (Å²) in [4.78, 5) is 13.5. The van der Waals surface area contributed by atoms with Gasteiger partial charge in [0.2, 0.25) is 0 Å². The number of nitrogens with zero attached hydrogens (tertiary/aromatic N) is 1. The third kappa shape index (κ3) is 3.06. The smallest absolute Gasteiger partial charge is 0.338 e. The number of methoxy groups -OCH3 is 1. The SMILES string of the molecule is COC(=O)c1ccc(C)cc1CN(C)C. The molecular weight excluding hydrogens is 190 g/mol. The van der Waals surface area contributed by atoms with Crippen LogP contribution in [0.4, 0.5) is 0 Å². The number of hydrogen-bond donors (Lipinski definition) is 0. The summed E-state index contributed by atoms with van der Waals surface area (Å²) in [5, 5.41) is 0. The number of hydrogen-bond acceptors (Lipinski definition) is 3. The first-order valence-corrected chi connectivity index (χ1v) is 4.87. The van der Waals surface area contributed by atoms with Crippen LogP contribution in [0.1, 0.15) is 21.5 Å². The van der Waals surface area contributed by atoms with E-state index < -0.39 is 0 Å². The van der Waals surface area contributed by atoms with Gasteiger partial charge in [-0.3, -0.25) is 0 Å². The minimum absolute atomic E-state index is 0.271. The third-order valence-corrected chi connectivity index (χ3v) is 2.15. The molecule has 3 nitrogen and oxygen atoms in total. The summed E-state index contributed by atoms with van der Waals surface area (Å²) in [5.74, 6) is -0.271. The van der Waals surface area contributed by atoms with Crippen molar-refractivity contribution in [3.8, 4) is 0 Å². The van der Waals surface area contributed by atoms with Gasteiger partial charge in [-0.15, -0.1) is 0 Å². The Balaban J connectivity index is 3.08. The van der Waals surface area contributed by atoms with E-state index in [-0.39, 0.29) is 5.97 Å². The Kier molecular flexibility index (Phi) is 3.86. The Morgan fingerprint density at radius 3 is 2.60 bits per heavy atom. The van der Waals surface area contributed by atoms with Gasteiger partial charge in [-0.2, -0.15) is 0 Å².